The van der Waals surface area contributed by atoms with Gasteiger partial charge in [0.2, 0.25) is 0 Å². The first-order valence-corrected chi connectivity index (χ1v) is 4.64. The van der Waals surface area contributed by atoms with Gasteiger partial charge in [0.05, 0.1) is 6.26 Å². The molecule has 0 unspecified atom stereocenters. The molecule has 0 aliphatic carbocycles. The van der Waals surface area contributed by atoms with Crippen LogP contribution in [0.5, 0.6) is 0 Å². The molecule has 13 heavy (non-hydrogen) atoms. The Balaban J connectivity index is 2.59. The van der Waals surface area contributed by atoms with E-state index in [1.807, 2.05) is 6.92 Å². The van der Waals surface area contributed by atoms with Gasteiger partial charge in [0, 0.05) is 12.8 Å². The van der Waals surface area contributed by atoms with Gasteiger partial charge in [-0.2, -0.15) is 0 Å². The minimum atomic E-state index is -0.238. The fourth-order valence-corrected chi connectivity index (χ4v) is 1.54. The van der Waals surface area contributed by atoms with E-state index in [0.29, 0.717) is 0 Å². The maximum absolute atomic E-state index is 10.8. The van der Waals surface area contributed by atoms with Crippen LogP contribution in [0.1, 0.15) is 27.2 Å². The summed E-state index contributed by atoms with van der Waals surface area (Å²) in [6, 6.07) is 0. The number of carbonyl (C=O) groups is 1. The third-order valence-electron chi connectivity index (χ3n) is 2.33. The predicted octanol–water partition coefficient (Wildman–Crippen LogP) is 1.88. The molecule has 3 nitrogen and oxygen atoms in total. The number of hydrogen-bond acceptors (Lipinski definition) is 3. The molecular formula is C10H16O3. The molecule has 0 aromatic heterocycles. The Morgan fingerprint density at radius 3 is 2.85 bits per heavy atom. The van der Waals surface area contributed by atoms with E-state index >= 15 is 0 Å². The summed E-state index contributed by atoms with van der Waals surface area (Å²) in [6.45, 7) is 5.52. The first kappa shape index (κ1) is 10.1. The first-order chi connectivity index (χ1) is 6.15. The monoisotopic (exact) mass is 184 g/mol. The lowest BCUT2D eigenvalue weighted by Crippen LogP contribution is -2.35. The maximum Gasteiger partial charge on any atom is 0.303 e. The zero-order valence-corrected chi connectivity index (χ0v) is 8.32. The van der Waals surface area contributed by atoms with Gasteiger partial charge in [-0.1, -0.05) is 13.8 Å². The molecule has 1 aliphatic heterocycles. The van der Waals surface area contributed by atoms with Crippen molar-refractivity contribution in [3.63, 3.8) is 0 Å². The maximum atomic E-state index is 10.8. The van der Waals surface area contributed by atoms with Crippen LogP contribution in [-0.2, 0) is 14.3 Å². The van der Waals surface area contributed by atoms with E-state index < -0.39 is 0 Å². The molecular weight excluding hydrogens is 168 g/mol. The zero-order valence-electron chi connectivity index (χ0n) is 8.32. The van der Waals surface area contributed by atoms with E-state index in [9.17, 15) is 4.79 Å². The number of rotatable bonds is 2. The Bertz CT molecular complexity index is 210. The van der Waals surface area contributed by atoms with Crippen molar-refractivity contribution in [2.45, 2.75) is 39.4 Å². The first-order valence-electron chi connectivity index (χ1n) is 4.64. The summed E-state index contributed by atoms with van der Waals surface area (Å²) in [5.74, 6) is -0.00264. The van der Waals surface area contributed by atoms with Gasteiger partial charge in [-0.05, 0) is 12.5 Å². The smallest absolute Gasteiger partial charge is 0.303 e. The van der Waals surface area contributed by atoms with Crippen molar-refractivity contribution in [2.24, 2.45) is 5.92 Å². The third kappa shape index (κ3) is 2.47. The van der Waals surface area contributed by atoms with E-state index in [1.54, 1.807) is 12.3 Å². The topological polar surface area (TPSA) is 35.5 Å². The molecule has 0 aromatic rings. The summed E-state index contributed by atoms with van der Waals surface area (Å²) in [5, 5.41) is 0. The average Bonchev–Trinajstić information content (AvgIpc) is 2.08. The lowest BCUT2D eigenvalue weighted by molar-refractivity contribution is -0.149. The van der Waals surface area contributed by atoms with E-state index in [1.165, 1.54) is 6.92 Å². The van der Waals surface area contributed by atoms with Crippen molar-refractivity contribution in [3.8, 4) is 0 Å². The Labute approximate surface area is 78.7 Å². The fourth-order valence-electron chi connectivity index (χ4n) is 1.54. The van der Waals surface area contributed by atoms with Crippen molar-refractivity contribution in [3.05, 3.63) is 12.3 Å². The molecule has 0 bridgehead atoms. The highest BCUT2D eigenvalue weighted by Crippen LogP contribution is 2.23. The van der Waals surface area contributed by atoms with E-state index in [2.05, 4.69) is 6.92 Å². The van der Waals surface area contributed by atoms with Crippen LogP contribution in [0.4, 0.5) is 0 Å². The van der Waals surface area contributed by atoms with Crippen molar-refractivity contribution >= 4 is 5.97 Å². The molecule has 0 N–H and O–H groups in total. The van der Waals surface area contributed by atoms with Gasteiger partial charge in [-0.15, -0.1) is 0 Å². The van der Waals surface area contributed by atoms with Crippen molar-refractivity contribution < 1.29 is 14.3 Å². The highest BCUT2D eigenvalue weighted by Gasteiger charge is 2.28. The second kappa shape index (κ2) is 4.30. The largest absolute Gasteiger partial charge is 0.498 e. The number of esters is 1. The van der Waals surface area contributed by atoms with Crippen LogP contribution < -0.4 is 0 Å². The number of carbonyl (C=O) groups excluding carboxylic acids is 1. The normalized spacial score (nSPS) is 32.4. The van der Waals surface area contributed by atoms with Crippen molar-refractivity contribution in [2.75, 3.05) is 0 Å². The molecule has 0 radical (unpaired) electrons. The average molecular weight is 184 g/mol. The van der Waals surface area contributed by atoms with Crippen LogP contribution in [-0.4, -0.2) is 18.2 Å². The summed E-state index contributed by atoms with van der Waals surface area (Å²) >= 11 is 0. The highest BCUT2D eigenvalue weighted by molar-refractivity contribution is 5.66. The van der Waals surface area contributed by atoms with Crippen LogP contribution >= 0.6 is 0 Å². The Kier molecular flexibility index (Phi) is 3.34. The molecule has 1 heterocycles. The lowest BCUT2D eigenvalue weighted by Gasteiger charge is -2.31. The van der Waals surface area contributed by atoms with E-state index in [-0.39, 0.29) is 24.1 Å². The Hall–Kier alpha value is -0.990. The lowest BCUT2D eigenvalue weighted by atomic mass is 9.94. The van der Waals surface area contributed by atoms with Crippen LogP contribution in [0.3, 0.4) is 0 Å². The minimum Gasteiger partial charge on any atom is -0.498 e. The zero-order chi connectivity index (χ0) is 9.84. The summed E-state index contributed by atoms with van der Waals surface area (Å²) in [5.41, 5.74) is 0. The molecule has 74 valence electrons. The fraction of sp³-hybridized carbons (Fsp3) is 0.700. The molecule has 0 spiro atoms. The van der Waals surface area contributed by atoms with Crippen LogP contribution in [0.2, 0.25) is 0 Å². The number of hydrogen-bond donors (Lipinski definition) is 0. The molecule has 0 amide bonds. The molecule has 1 rings (SSSR count). The molecule has 0 saturated heterocycles. The van der Waals surface area contributed by atoms with Crippen molar-refractivity contribution in [1.82, 2.24) is 0 Å². The molecule has 0 fully saturated rings. The Morgan fingerprint density at radius 2 is 2.31 bits per heavy atom. The van der Waals surface area contributed by atoms with E-state index in [4.69, 9.17) is 9.47 Å². The van der Waals surface area contributed by atoms with Gasteiger partial charge in [0.25, 0.3) is 0 Å². The van der Waals surface area contributed by atoms with Gasteiger partial charge in [0.1, 0.15) is 12.2 Å². The number of ether oxygens (including phenoxy) is 2. The third-order valence-corrected chi connectivity index (χ3v) is 2.33. The summed E-state index contributed by atoms with van der Waals surface area (Å²) in [7, 11) is 0. The quantitative estimate of drug-likeness (QED) is 0.615. The van der Waals surface area contributed by atoms with Gasteiger partial charge in [-0.3, -0.25) is 4.79 Å². The van der Waals surface area contributed by atoms with Crippen LogP contribution in [0, 0.1) is 5.92 Å². The molecule has 3 atom stereocenters. The van der Waals surface area contributed by atoms with E-state index in [0.717, 1.165) is 6.42 Å². The standard InChI is InChI=1S/C10H16O3/c1-4-9-7(2)10(5-6-12-9)13-8(3)11/h5-7,9-10H,4H2,1-3H3/t7-,9-,10-/m1/s1. The highest BCUT2D eigenvalue weighted by atomic mass is 16.5. The van der Waals surface area contributed by atoms with Crippen molar-refractivity contribution in [1.29, 1.82) is 0 Å². The van der Waals surface area contributed by atoms with Crippen LogP contribution in [0.15, 0.2) is 12.3 Å². The second-order valence-electron chi connectivity index (χ2n) is 3.34. The summed E-state index contributed by atoms with van der Waals surface area (Å²) in [4.78, 5) is 10.8. The van der Waals surface area contributed by atoms with Gasteiger partial charge in [0.15, 0.2) is 0 Å². The molecule has 0 aromatic carbocycles. The molecule has 3 heteroatoms. The molecule has 1 aliphatic rings. The summed E-state index contributed by atoms with van der Waals surface area (Å²) in [6.07, 6.45) is 4.38. The molecule has 0 saturated carbocycles. The minimum absolute atomic E-state index is 0.129. The Morgan fingerprint density at radius 1 is 1.62 bits per heavy atom. The summed E-state index contributed by atoms with van der Waals surface area (Å²) < 4.78 is 10.5. The SMILES string of the molecule is CC[C@H]1OC=C[C@@H](OC(C)=O)[C@@H]1C. The second-order valence-corrected chi connectivity index (χ2v) is 3.34. The van der Waals surface area contributed by atoms with Crippen LogP contribution in [0.25, 0.3) is 0 Å². The van der Waals surface area contributed by atoms with Gasteiger partial charge in [-0.25, -0.2) is 0 Å². The van der Waals surface area contributed by atoms with Gasteiger partial charge < -0.3 is 9.47 Å². The van der Waals surface area contributed by atoms with Gasteiger partial charge >= 0.3 is 5.97 Å². The predicted molar refractivity (Wildman–Crippen MR) is 49.0 cm³/mol.